The van der Waals surface area contributed by atoms with Crippen LogP contribution in [0.3, 0.4) is 0 Å². The fourth-order valence-corrected chi connectivity index (χ4v) is 8.07. The zero-order chi connectivity index (χ0) is 45.5. The second-order valence-corrected chi connectivity index (χ2v) is 17.9. The minimum absolute atomic E-state index is 0.0319. The molecule has 0 aliphatic carbocycles. The Kier molecular flexibility index (Phi) is 39.0. The molecule has 0 saturated carbocycles. The Morgan fingerprint density at radius 2 is 0.967 bits per heavy atom. The molecule has 4 amide bonds. The number of hydrogen-bond donors (Lipinski definition) is 4. The highest BCUT2D eigenvalue weighted by Crippen LogP contribution is 2.19. The molecule has 0 saturated heterocycles. The van der Waals surface area contributed by atoms with E-state index in [1.54, 1.807) is 19.6 Å². The number of hydrogen-bond acceptors (Lipinski definition) is 8. The van der Waals surface area contributed by atoms with E-state index in [0.717, 1.165) is 96.3 Å². The van der Waals surface area contributed by atoms with Crippen molar-refractivity contribution in [2.45, 2.75) is 208 Å². The van der Waals surface area contributed by atoms with Gasteiger partial charge >= 0.3 is 0 Å². The molecule has 0 aromatic rings. The molecule has 0 aromatic carbocycles. The third-order valence-electron chi connectivity index (χ3n) is 12.3. The predicted octanol–water partition coefficient (Wildman–Crippen LogP) is 8.23. The second-order valence-electron chi connectivity index (χ2n) is 17.9. The summed E-state index contributed by atoms with van der Waals surface area (Å²) in [5.74, 6) is -0.572. The van der Waals surface area contributed by atoms with Crippen LogP contribution in [0.25, 0.3) is 0 Å². The van der Waals surface area contributed by atoms with Crippen LogP contribution in [-0.4, -0.2) is 127 Å². The van der Waals surface area contributed by atoms with Crippen molar-refractivity contribution >= 4 is 23.6 Å². The zero-order valence-corrected chi connectivity index (χ0v) is 40.7. The molecule has 0 rings (SSSR count). The van der Waals surface area contributed by atoms with Crippen molar-refractivity contribution < 1.29 is 24.3 Å². The maximum absolute atomic E-state index is 14.5. The van der Waals surface area contributed by atoms with E-state index in [0.29, 0.717) is 39.3 Å². The lowest BCUT2D eigenvalue weighted by Gasteiger charge is -2.36. The van der Waals surface area contributed by atoms with Crippen molar-refractivity contribution in [1.82, 2.24) is 24.9 Å². The Bertz CT molecular complexity index is 1080. The molecule has 0 spiro atoms. The lowest BCUT2D eigenvalue weighted by Crippen LogP contribution is -2.53. The van der Waals surface area contributed by atoms with Gasteiger partial charge in [0.1, 0.15) is 6.23 Å². The smallest absolute Gasteiger partial charge is 0.242 e. The third kappa shape index (κ3) is 31.3. The van der Waals surface area contributed by atoms with Crippen LogP contribution in [0.5, 0.6) is 0 Å². The topological polar surface area (TPSA) is 166 Å². The third-order valence-corrected chi connectivity index (χ3v) is 12.3. The summed E-state index contributed by atoms with van der Waals surface area (Å²) in [6, 6.07) is 0. The van der Waals surface area contributed by atoms with Crippen molar-refractivity contribution in [2.24, 2.45) is 23.3 Å². The van der Waals surface area contributed by atoms with Crippen LogP contribution in [0.1, 0.15) is 202 Å². The molecule has 12 heteroatoms. The Labute approximate surface area is 375 Å². The molecule has 0 radical (unpaired) electrons. The van der Waals surface area contributed by atoms with Gasteiger partial charge in [0, 0.05) is 26.2 Å². The first-order valence-corrected chi connectivity index (χ1v) is 25.5. The number of unbranched alkanes of at least 4 members (excludes halogenated alkanes) is 16. The average Bonchev–Trinajstić information content (AvgIpc) is 3.24. The van der Waals surface area contributed by atoms with Gasteiger partial charge in [0.25, 0.3) is 0 Å². The number of rotatable bonds is 44. The van der Waals surface area contributed by atoms with E-state index in [1.165, 1.54) is 64.2 Å². The Hall–Kier alpha value is -2.28. The van der Waals surface area contributed by atoms with E-state index in [4.69, 9.17) is 11.5 Å². The van der Waals surface area contributed by atoms with Crippen molar-refractivity contribution in [1.29, 1.82) is 0 Å². The lowest BCUT2D eigenvalue weighted by molar-refractivity contribution is -0.145. The summed E-state index contributed by atoms with van der Waals surface area (Å²) < 4.78 is 0. The molecule has 12 nitrogen and oxygen atoms in total. The highest BCUT2D eigenvalue weighted by Gasteiger charge is 2.29. The minimum atomic E-state index is -1.10. The summed E-state index contributed by atoms with van der Waals surface area (Å²) in [6.07, 6.45) is 25.7. The van der Waals surface area contributed by atoms with Gasteiger partial charge < -0.3 is 36.6 Å². The molecular formula is C49H99N7O5. The van der Waals surface area contributed by atoms with Crippen molar-refractivity contribution in [2.75, 3.05) is 72.0 Å². The van der Waals surface area contributed by atoms with E-state index in [-0.39, 0.29) is 62.3 Å². The molecule has 61 heavy (non-hydrogen) atoms. The van der Waals surface area contributed by atoms with Gasteiger partial charge in [0.2, 0.25) is 23.6 Å². The van der Waals surface area contributed by atoms with Gasteiger partial charge in [0.15, 0.2) is 0 Å². The average molecular weight is 866 g/mol. The molecule has 0 aromatic heterocycles. The predicted molar refractivity (Wildman–Crippen MR) is 255 cm³/mol. The number of carbonyl (C=O) groups excluding carboxylic acids is 4. The summed E-state index contributed by atoms with van der Waals surface area (Å²) >= 11 is 0. The number of amides is 4. The quantitative estimate of drug-likeness (QED) is 0.0351. The van der Waals surface area contributed by atoms with Crippen LogP contribution >= 0.6 is 0 Å². The second kappa shape index (κ2) is 40.5. The highest BCUT2D eigenvalue weighted by molar-refractivity contribution is 5.86. The van der Waals surface area contributed by atoms with Gasteiger partial charge in [0.05, 0.1) is 32.7 Å². The summed E-state index contributed by atoms with van der Waals surface area (Å²) in [6.45, 7) is 16.0. The van der Waals surface area contributed by atoms with Gasteiger partial charge in [-0.05, 0) is 57.0 Å². The molecule has 0 bridgehead atoms. The Morgan fingerprint density at radius 1 is 0.508 bits per heavy atom. The van der Waals surface area contributed by atoms with Crippen LogP contribution in [0.4, 0.5) is 0 Å². The number of nitrogens with one attached hydrogen (secondary N) is 1. The number of aliphatic hydroxyl groups excluding tert-OH is 1. The normalized spacial score (nSPS) is 13.0. The Morgan fingerprint density at radius 3 is 1.44 bits per heavy atom. The van der Waals surface area contributed by atoms with Crippen molar-refractivity contribution in [3.63, 3.8) is 0 Å². The van der Waals surface area contributed by atoms with E-state index in [9.17, 15) is 24.3 Å². The molecule has 360 valence electrons. The number of carbonyl (C=O) groups is 4. The molecule has 0 aliphatic rings. The lowest BCUT2D eigenvalue weighted by atomic mass is 9.98. The number of aliphatic hydroxyl groups is 1. The Balaban J connectivity index is 6.42. The van der Waals surface area contributed by atoms with Crippen LogP contribution in [0.2, 0.25) is 0 Å². The van der Waals surface area contributed by atoms with Crippen molar-refractivity contribution in [3.8, 4) is 0 Å². The first kappa shape index (κ1) is 58.7. The standard InChI is InChI=1S/C49H99N7O5/c1-7-13-17-19-21-23-25-27-34-53(46(58)36-52-33-29-32-50)40-49(61)56(38-44(12-6)31-16-10-4)42-47(59)54(35-28-26-24-22-20-18-14-8-2)41-48(60)55(39-45(51)57)37-43(11-5)30-15-9-3/h43-44,47,52,59H,7-42,50H2,1-6H3,(H2,51,57). The van der Waals surface area contributed by atoms with E-state index >= 15 is 0 Å². The maximum Gasteiger partial charge on any atom is 0.242 e. The molecule has 3 atom stereocenters. The summed E-state index contributed by atoms with van der Waals surface area (Å²) in [5, 5.41) is 15.3. The van der Waals surface area contributed by atoms with Gasteiger partial charge in [-0.15, -0.1) is 0 Å². The molecule has 0 heterocycles. The van der Waals surface area contributed by atoms with Crippen LogP contribution in [0, 0.1) is 11.8 Å². The summed E-state index contributed by atoms with van der Waals surface area (Å²) in [7, 11) is 0. The fraction of sp³-hybridized carbons (Fsp3) is 0.918. The van der Waals surface area contributed by atoms with E-state index < -0.39 is 12.1 Å². The molecule has 3 unspecified atom stereocenters. The van der Waals surface area contributed by atoms with Gasteiger partial charge in [-0.3, -0.25) is 24.1 Å². The first-order chi connectivity index (χ1) is 29.5. The zero-order valence-electron chi connectivity index (χ0n) is 40.7. The van der Waals surface area contributed by atoms with Crippen LogP contribution in [0.15, 0.2) is 0 Å². The number of primary amides is 1. The molecular weight excluding hydrogens is 767 g/mol. The van der Waals surface area contributed by atoms with Crippen LogP contribution in [-0.2, 0) is 19.2 Å². The monoisotopic (exact) mass is 866 g/mol. The highest BCUT2D eigenvalue weighted by atomic mass is 16.3. The first-order valence-electron chi connectivity index (χ1n) is 25.5. The summed E-state index contributed by atoms with van der Waals surface area (Å²) in [4.78, 5) is 61.3. The van der Waals surface area contributed by atoms with Gasteiger partial charge in [-0.2, -0.15) is 0 Å². The van der Waals surface area contributed by atoms with Gasteiger partial charge in [-0.25, -0.2) is 0 Å². The van der Waals surface area contributed by atoms with E-state index in [2.05, 4.69) is 46.9 Å². The summed E-state index contributed by atoms with van der Waals surface area (Å²) in [5.41, 5.74) is 11.4. The molecule has 0 aliphatic heterocycles. The maximum atomic E-state index is 14.5. The molecule has 0 fully saturated rings. The van der Waals surface area contributed by atoms with Gasteiger partial charge in [-0.1, -0.05) is 170 Å². The number of nitrogens with zero attached hydrogens (tertiary/aromatic N) is 4. The van der Waals surface area contributed by atoms with E-state index in [1.807, 2.05) is 0 Å². The molecule has 6 N–H and O–H groups in total. The van der Waals surface area contributed by atoms with Crippen LogP contribution < -0.4 is 16.8 Å². The largest absolute Gasteiger partial charge is 0.376 e. The minimum Gasteiger partial charge on any atom is -0.376 e. The SMILES string of the molecule is CCCCCCCCCCN(CC(=O)N(CC(CC)CCCC)CC(O)N(CCCCCCCCCC)CC(=O)N(CC(N)=O)CC(CC)CCCC)C(=O)CNCCCN. The number of nitrogens with two attached hydrogens (primary N) is 2. The fourth-order valence-electron chi connectivity index (χ4n) is 8.07. The van der Waals surface area contributed by atoms with Crippen molar-refractivity contribution in [3.05, 3.63) is 0 Å².